The normalized spacial score (nSPS) is 13.9. The number of benzene rings is 1. The topological polar surface area (TPSA) is 46.2 Å². The Morgan fingerprint density at radius 3 is 2.33 bits per heavy atom. The van der Waals surface area contributed by atoms with Gasteiger partial charge < -0.3 is 0 Å². The van der Waals surface area contributed by atoms with Crippen molar-refractivity contribution in [3.63, 3.8) is 0 Å². The first-order valence-electron chi connectivity index (χ1n) is 5.31. The zero-order chi connectivity index (χ0) is 13.9. The van der Waals surface area contributed by atoms with Gasteiger partial charge in [0.2, 0.25) is 10.0 Å². The highest BCUT2D eigenvalue weighted by atomic mass is 79.9. The number of nitrogens with one attached hydrogen (secondary N) is 1. The number of sulfonamides is 1. The van der Waals surface area contributed by atoms with E-state index in [1.807, 2.05) is 13.8 Å². The van der Waals surface area contributed by atoms with Crippen LogP contribution in [0.4, 0.5) is 8.78 Å². The van der Waals surface area contributed by atoms with Crippen molar-refractivity contribution in [2.24, 2.45) is 5.92 Å². The molecular weight excluding hydrogens is 328 g/mol. The first-order chi connectivity index (χ1) is 8.27. The van der Waals surface area contributed by atoms with E-state index in [1.54, 1.807) is 0 Å². The van der Waals surface area contributed by atoms with E-state index in [0.29, 0.717) is 11.4 Å². The summed E-state index contributed by atoms with van der Waals surface area (Å²) in [6.45, 7) is 3.72. The van der Waals surface area contributed by atoms with Crippen molar-refractivity contribution in [3.05, 3.63) is 29.8 Å². The number of hydrogen-bond donors (Lipinski definition) is 1. The Bertz CT molecular complexity index is 520. The second-order valence-corrected chi connectivity index (χ2v) is 6.56. The molecule has 0 aliphatic carbocycles. The third-order valence-corrected chi connectivity index (χ3v) is 4.66. The average molecular weight is 342 g/mol. The predicted molar refractivity (Wildman–Crippen MR) is 69.1 cm³/mol. The Morgan fingerprint density at radius 2 is 1.89 bits per heavy atom. The van der Waals surface area contributed by atoms with Gasteiger partial charge in [-0.3, -0.25) is 0 Å². The van der Waals surface area contributed by atoms with Crippen LogP contribution in [0, 0.1) is 17.6 Å². The van der Waals surface area contributed by atoms with E-state index in [2.05, 4.69) is 20.7 Å². The minimum absolute atomic E-state index is 0.0736. The molecule has 1 rings (SSSR count). The van der Waals surface area contributed by atoms with Crippen LogP contribution in [0.15, 0.2) is 23.1 Å². The molecule has 0 saturated carbocycles. The van der Waals surface area contributed by atoms with Crippen LogP contribution in [0.25, 0.3) is 0 Å². The maximum Gasteiger partial charge on any atom is 0.240 e. The Hall–Kier alpha value is -0.530. The zero-order valence-corrected chi connectivity index (χ0v) is 12.4. The minimum atomic E-state index is -3.84. The molecule has 0 aromatic heterocycles. The molecule has 1 N–H and O–H groups in total. The second-order valence-electron chi connectivity index (χ2n) is 4.20. The number of halogens is 3. The lowest BCUT2D eigenvalue weighted by Gasteiger charge is -2.19. The van der Waals surface area contributed by atoms with E-state index in [9.17, 15) is 17.2 Å². The Morgan fingerprint density at radius 1 is 1.28 bits per heavy atom. The van der Waals surface area contributed by atoms with E-state index in [4.69, 9.17) is 0 Å². The summed E-state index contributed by atoms with van der Waals surface area (Å²) < 4.78 is 52.1. The Kier molecular flexibility index (Phi) is 5.24. The minimum Gasteiger partial charge on any atom is -0.207 e. The molecule has 0 radical (unpaired) electrons. The summed E-state index contributed by atoms with van der Waals surface area (Å²) in [7, 11) is -3.84. The quantitative estimate of drug-likeness (QED) is 0.837. The van der Waals surface area contributed by atoms with Crippen molar-refractivity contribution in [2.45, 2.75) is 24.8 Å². The van der Waals surface area contributed by atoms with Crippen molar-refractivity contribution in [3.8, 4) is 0 Å². The van der Waals surface area contributed by atoms with Crippen molar-refractivity contribution < 1.29 is 17.2 Å². The molecule has 1 aromatic carbocycles. The van der Waals surface area contributed by atoms with Crippen LogP contribution < -0.4 is 4.72 Å². The lowest BCUT2D eigenvalue weighted by atomic mass is 10.1. The summed E-state index contributed by atoms with van der Waals surface area (Å²) in [6, 6.07) is 2.18. The van der Waals surface area contributed by atoms with Gasteiger partial charge in [0, 0.05) is 11.4 Å². The van der Waals surface area contributed by atoms with Crippen molar-refractivity contribution in [1.82, 2.24) is 4.72 Å². The largest absolute Gasteiger partial charge is 0.240 e. The average Bonchev–Trinajstić information content (AvgIpc) is 2.29. The molecule has 1 aromatic rings. The van der Waals surface area contributed by atoms with E-state index >= 15 is 0 Å². The summed E-state index contributed by atoms with van der Waals surface area (Å²) >= 11 is 3.21. The van der Waals surface area contributed by atoms with Crippen LogP contribution in [0.2, 0.25) is 0 Å². The van der Waals surface area contributed by atoms with E-state index in [-0.39, 0.29) is 16.9 Å². The van der Waals surface area contributed by atoms with Gasteiger partial charge in [-0.1, -0.05) is 29.8 Å². The SMILES string of the molecule is CC(C)C(CBr)NS(=O)(=O)c1ccc(F)c(F)c1. The molecule has 0 bridgehead atoms. The van der Waals surface area contributed by atoms with Crippen molar-refractivity contribution >= 4 is 26.0 Å². The van der Waals surface area contributed by atoms with Gasteiger partial charge in [0.05, 0.1) is 4.90 Å². The van der Waals surface area contributed by atoms with Gasteiger partial charge in [0.15, 0.2) is 11.6 Å². The van der Waals surface area contributed by atoms with Crippen molar-refractivity contribution in [1.29, 1.82) is 0 Å². The molecule has 0 fully saturated rings. The standard InChI is InChI=1S/C11H14BrF2NO2S/c1-7(2)11(6-12)15-18(16,17)8-3-4-9(13)10(14)5-8/h3-5,7,11,15H,6H2,1-2H3. The first-order valence-corrected chi connectivity index (χ1v) is 7.91. The highest BCUT2D eigenvalue weighted by Crippen LogP contribution is 2.16. The van der Waals surface area contributed by atoms with E-state index < -0.39 is 21.7 Å². The van der Waals surface area contributed by atoms with Crippen LogP contribution in [-0.2, 0) is 10.0 Å². The molecule has 1 atom stereocenters. The first kappa shape index (κ1) is 15.5. The van der Waals surface area contributed by atoms with Crippen molar-refractivity contribution in [2.75, 3.05) is 5.33 Å². The fourth-order valence-corrected chi connectivity index (χ4v) is 3.78. The molecule has 0 saturated heterocycles. The molecular formula is C11H14BrF2NO2S. The zero-order valence-electron chi connectivity index (χ0n) is 9.95. The van der Waals surface area contributed by atoms with Crippen LogP contribution in [0.5, 0.6) is 0 Å². The van der Waals surface area contributed by atoms with Crippen LogP contribution in [0.1, 0.15) is 13.8 Å². The van der Waals surface area contributed by atoms with Gasteiger partial charge in [-0.15, -0.1) is 0 Å². The summed E-state index contributed by atoms with van der Waals surface area (Å²) in [5.74, 6) is -2.18. The summed E-state index contributed by atoms with van der Waals surface area (Å²) in [5, 5.41) is 0.438. The highest BCUT2D eigenvalue weighted by Gasteiger charge is 2.22. The van der Waals surface area contributed by atoms with Crippen LogP contribution in [-0.4, -0.2) is 19.8 Å². The molecule has 1 unspecified atom stereocenters. The van der Waals surface area contributed by atoms with E-state index in [1.165, 1.54) is 0 Å². The van der Waals surface area contributed by atoms with Gasteiger partial charge >= 0.3 is 0 Å². The molecule has 18 heavy (non-hydrogen) atoms. The number of alkyl halides is 1. The van der Waals surface area contributed by atoms with Gasteiger partial charge in [0.25, 0.3) is 0 Å². The van der Waals surface area contributed by atoms with Crippen LogP contribution >= 0.6 is 15.9 Å². The molecule has 3 nitrogen and oxygen atoms in total. The monoisotopic (exact) mass is 341 g/mol. The molecule has 0 aliphatic rings. The maximum absolute atomic E-state index is 13.0. The maximum atomic E-state index is 13.0. The van der Waals surface area contributed by atoms with Gasteiger partial charge in [0.1, 0.15) is 0 Å². The van der Waals surface area contributed by atoms with Gasteiger partial charge in [-0.2, -0.15) is 0 Å². The number of rotatable bonds is 5. The molecule has 0 spiro atoms. The predicted octanol–water partition coefficient (Wildman–Crippen LogP) is 2.66. The third kappa shape index (κ3) is 3.73. The fourth-order valence-electron chi connectivity index (χ4n) is 1.26. The lowest BCUT2D eigenvalue weighted by molar-refractivity contribution is 0.481. The number of hydrogen-bond acceptors (Lipinski definition) is 2. The van der Waals surface area contributed by atoms with E-state index in [0.717, 1.165) is 12.1 Å². The van der Waals surface area contributed by atoms with Gasteiger partial charge in [-0.25, -0.2) is 21.9 Å². The molecule has 0 heterocycles. The third-order valence-electron chi connectivity index (χ3n) is 2.48. The van der Waals surface area contributed by atoms with Crippen LogP contribution in [0.3, 0.4) is 0 Å². The lowest BCUT2D eigenvalue weighted by Crippen LogP contribution is -2.39. The summed E-state index contributed by atoms with van der Waals surface area (Å²) in [5.41, 5.74) is 0. The Balaban J connectivity index is 3.02. The summed E-state index contributed by atoms with van der Waals surface area (Å²) in [6.07, 6.45) is 0. The molecule has 0 aliphatic heterocycles. The highest BCUT2D eigenvalue weighted by molar-refractivity contribution is 9.09. The second kappa shape index (κ2) is 6.08. The molecule has 0 amide bonds. The summed E-state index contributed by atoms with van der Waals surface area (Å²) in [4.78, 5) is -0.284. The smallest absolute Gasteiger partial charge is 0.207 e. The fraction of sp³-hybridized carbons (Fsp3) is 0.455. The molecule has 7 heteroatoms. The molecule has 102 valence electrons. The van der Waals surface area contributed by atoms with Gasteiger partial charge in [-0.05, 0) is 24.1 Å². The Labute approximate surface area is 114 Å².